The van der Waals surface area contributed by atoms with Crippen LogP contribution in [-0.2, 0) is 22.1 Å². The molecular formula is C33H23Cl2N2O3S. The third-order valence-corrected chi connectivity index (χ3v) is 9.52. The third kappa shape index (κ3) is 4.99. The van der Waals surface area contributed by atoms with Crippen LogP contribution >= 0.6 is 23.2 Å². The van der Waals surface area contributed by atoms with Crippen LogP contribution in [0.5, 0.6) is 0 Å². The quantitative estimate of drug-likeness (QED) is 0.205. The number of aromatic nitrogens is 1. The first-order valence-electron chi connectivity index (χ1n) is 12.8. The molecule has 0 spiro atoms. The molecular weight excluding hydrogens is 575 g/mol. The van der Waals surface area contributed by atoms with Crippen LogP contribution in [0.3, 0.4) is 0 Å². The number of hydrogen-bond acceptors (Lipinski definition) is 3. The second kappa shape index (κ2) is 10.7. The highest BCUT2D eigenvalue weighted by molar-refractivity contribution is 7.90. The molecule has 0 bridgehead atoms. The Morgan fingerprint density at radius 3 is 2.17 bits per heavy atom. The number of nitrogens with two attached hydrogens (primary N) is 1. The van der Waals surface area contributed by atoms with Crippen molar-refractivity contribution in [3.05, 3.63) is 136 Å². The molecule has 0 saturated heterocycles. The van der Waals surface area contributed by atoms with Gasteiger partial charge in [-0.15, -0.1) is 0 Å². The van der Waals surface area contributed by atoms with E-state index in [1.807, 2.05) is 36.4 Å². The highest BCUT2D eigenvalue weighted by atomic mass is 35.5. The van der Waals surface area contributed by atoms with Gasteiger partial charge >= 0.3 is 0 Å². The smallest absolute Gasteiger partial charge is 0.249 e. The first-order valence-corrected chi connectivity index (χ1v) is 15.2. The monoisotopic (exact) mass is 597 g/mol. The number of rotatable bonds is 7. The van der Waals surface area contributed by atoms with Crippen molar-refractivity contribution in [3.8, 4) is 11.1 Å². The molecule has 0 aliphatic rings. The van der Waals surface area contributed by atoms with E-state index in [0.717, 1.165) is 27.5 Å². The van der Waals surface area contributed by atoms with Gasteiger partial charge in [-0.1, -0.05) is 77.8 Å². The fraction of sp³-hybridized carbons (Fsp3) is 0.0606. The number of amides is 1. The van der Waals surface area contributed by atoms with Crippen LogP contribution < -0.4 is 5.73 Å². The van der Waals surface area contributed by atoms with Crippen LogP contribution in [0.15, 0.2) is 108 Å². The van der Waals surface area contributed by atoms with Gasteiger partial charge in [0.05, 0.1) is 21.7 Å². The minimum Gasteiger partial charge on any atom is -0.366 e. The van der Waals surface area contributed by atoms with E-state index in [2.05, 4.69) is 10.6 Å². The van der Waals surface area contributed by atoms with Gasteiger partial charge in [0, 0.05) is 38.5 Å². The van der Waals surface area contributed by atoms with Gasteiger partial charge in [-0.05, 0) is 71.3 Å². The predicted molar refractivity (Wildman–Crippen MR) is 165 cm³/mol. The lowest BCUT2D eigenvalue weighted by molar-refractivity contribution is 0.100. The van der Waals surface area contributed by atoms with Gasteiger partial charge in [0.15, 0.2) is 9.84 Å². The summed E-state index contributed by atoms with van der Waals surface area (Å²) in [6, 6.07) is 33.8. The van der Waals surface area contributed by atoms with Crippen molar-refractivity contribution in [2.45, 2.75) is 17.2 Å². The van der Waals surface area contributed by atoms with Crippen molar-refractivity contribution in [3.63, 3.8) is 0 Å². The molecule has 1 amide bonds. The maximum atomic E-state index is 13.3. The number of halogens is 2. The topological polar surface area (TPSA) is 82.2 Å². The van der Waals surface area contributed by atoms with E-state index in [9.17, 15) is 13.2 Å². The summed E-state index contributed by atoms with van der Waals surface area (Å²) in [7, 11) is -3.58. The van der Waals surface area contributed by atoms with Crippen molar-refractivity contribution in [1.82, 2.24) is 4.57 Å². The molecule has 1 aromatic heterocycles. The number of hydrogen-bond donors (Lipinski definition) is 1. The fourth-order valence-corrected chi connectivity index (χ4v) is 7.33. The summed E-state index contributed by atoms with van der Waals surface area (Å²) in [5, 5.41) is 2.40. The van der Waals surface area contributed by atoms with Gasteiger partial charge in [0.25, 0.3) is 0 Å². The van der Waals surface area contributed by atoms with Crippen molar-refractivity contribution in [1.29, 1.82) is 0 Å². The molecule has 8 heteroatoms. The molecule has 5 aromatic carbocycles. The molecule has 6 rings (SSSR count). The first kappa shape index (κ1) is 27.1. The normalized spacial score (nSPS) is 11.8. The van der Waals surface area contributed by atoms with E-state index in [4.69, 9.17) is 28.9 Å². The average Bonchev–Trinajstić information content (AvgIpc) is 3.27. The lowest BCUT2D eigenvalue weighted by Crippen LogP contribution is -2.11. The zero-order chi connectivity index (χ0) is 28.7. The first-order chi connectivity index (χ1) is 19.7. The number of sulfone groups is 1. The standard InChI is InChI=1S/C33H23Cl2N2O3S/c34-27-13-7-14-28(35)31(27)21-16-17-25-30(18-21)37(29-15-6-12-26(32(25)29)33(36)38)19-22-8-4-5-9-23(22)20-41(39,40)24-10-2-1-3-11-24/h1-16,18H,19-20H2,(H2,36,38). The van der Waals surface area contributed by atoms with Gasteiger partial charge in [-0.3, -0.25) is 4.79 Å². The van der Waals surface area contributed by atoms with Crippen LogP contribution in [0.4, 0.5) is 0 Å². The Balaban J connectivity index is 1.55. The summed E-state index contributed by atoms with van der Waals surface area (Å²) in [6.07, 6.45) is 0. The minimum absolute atomic E-state index is 0.149. The van der Waals surface area contributed by atoms with Crippen LogP contribution in [0.2, 0.25) is 10.0 Å². The molecule has 0 atom stereocenters. The lowest BCUT2D eigenvalue weighted by Gasteiger charge is -2.14. The molecule has 41 heavy (non-hydrogen) atoms. The molecule has 1 heterocycles. The van der Waals surface area contributed by atoms with Crippen molar-refractivity contribution in [2.75, 3.05) is 0 Å². The van der Waals surface area contributed by atoms with E-state index < -0.39 is 15.7 Å². The van der Waals surface area contributed by atoms with Crippen LogP contribution in [0.1, 0.15) is 21.5 Å². The molecule has 2 N–H and O–H groups in total. The Bertz CT molecular complexity index is 2050. The van der Waals surface area contributed by atoms with Gasteiger partial charge in [-0.25, -0.2) is 8.42 Å². The van der Waals surface area contributed by atoms with Gasteiger partial charge in [0.2, 0.25) is 5.91 Å². The van der Waals surface area contributed by atoms with Crippen molar-refractivity contribution >= 4 is 60.8 Å². The largest absolute Gasteiger partial charge is 0.366 e. The van der Waals surface area contributed by atoms with E-state index in [1.165, 1.54) is 0 Å². The number of nitrogens with zero attached hydrogens (tertiary/aromatic N) is 1. The van der Waals surface area contributed by atoms with Crippen LogP contribution in [0, 0.1) is 6.07 Å². The second-order valence-electron chi connectivity index (χ2n) is 9.74. The van der Waals surface area contributed by atoms with E-state index in [1.54, 1.807) is 66.7 Å². The molecule has 5 nitrogen and oxygen atoms in total. The van der Waals surface area contributed by atoms with Crippen LogP contribution in [-0.4, -0.2) is 18.9 Å². The minimum atomic E-state index is -3.58. The van der Waals surface area contributed by atoms with Gasteiger partial charge in [0.1, 0.15) is 0 Å². The van der Waals surface area contributed by atoms with Gasteiger partial charge in [-0.2, -0.15) is 0 Å². The molecule has 0 aliphatic carbocycles. The Kier molecular flexibility index (Phi) is 7.08. The van der Waals surface area contributed by atoms with Crippen molar-refractivity contribution in [2.24, 2.45) is 5.73 Å². The molecule has 0 saturated carbocycles. The number of fused-ring (bicyclic) bond motifs is 3. The van der Waals surface area contributed by atoms with Crippen molar-refractivity contribution < 1.29 is 13.2 Å². The summed E-state index contributed by atoms with van der Waals surface area (Å²) >= 11 is 13.1. The Labute approximate surface area is 247 Å². The third-order valence-electron chi connectivity index (χ3n) is 7.21. The Hall–Kier alpha value is -4.10. The van der Waals surface area contributed by atoms with E-state index in [-0.39, 0.29) is 10.6 Å². The maximum Gasteiger partial charge on any atom is 0.249 e. The molecule has 203 valence electrons. The zero-order valence-corrected chi connectivity index (χ0v) is 24.0. The van der Waals surface area contributed by atoms with E-state index in [0.29, 0.717) is 38.7 Å². The Morgan fingerprint density at radius 2 is 1.46 bits per heavy atom. The summed E-state index contributed by atoms with van der Waals surface area (Å²) in [5.41, 5.74) is 10.7. The SMILES string of the molecule is NC(=O)c1cccc2c1c1[c]cc(-c3c(Cl)cccc3Cl)cc1n2Cc1ccccc1CS(=O)(=O)c1ccccc1. The highest BCUT2D eigenvalue weighted by Crippen LogP contribution is 2.39. The number of carbonyl (C=O) groups excluding carboxylic acids is 1. The highest BCUT2D eigenvalue weighted by Gasteiger charge is 2.21. The molecule has 0 unspecified atom stereocenters. The summed E-state index contributed by atoms with van der Waals surface area (Å²) in [5.74, 6) is -0.695. The average molecular weight is 599 g/mol. The summed E-state index contributed by atoms with van der Waals surface area (Å²) in [4.78, 5) is 12.7. The maximum absolute atomic E-state index is 13.3. The van der Waals surface area contributed by atoms with Gasteiger partial charge < -0.3 is 10.3 Å². The summed E-state index contributed by atoms with van der Waals surface area (Å²) in [6.45, 7) is 0.343. The van der Waals surface area contributed by atoms with E-state index >= 15 is 0 Å². The molecule has 1 radical (unpaired) electrons. The number of benzene rings is 5. The predicted octanol–water partition coefficient (Wildman–Crippen LogP) is 7.69. The molecule has 0 fully saturated rings. The Morgan fingerprint density at radius 1 is 0.805 bits per heavy atom. The lowest BCUT2D eigenvalue weighted by atomic mass is 10.0. The summed E-state index contributed by atoms with van der Waals surface area (Å²) < 4.78 is 28.6. The molecule has 0 aliphatic heterocycles. The molecule has 6 aromatic rings. The number of carbonyl (C=O) groups is 1. The number of primary amides is 1. The zero-order valence-electron chi connectivity index (χ0n) is 21.6. The fourth-order valence-electron chi connectivity index (χ4n) is 5.29. The van der Waals surface area contributed by atoms with Crippen LogP contribution in [0.25, 0.3) is 32.9 Å². The second-order valence-corrected chi connectivity index (χ2v) is 12.5.